The molecule has 0 unspecified atom stereocenters. The summed E-state index contributed by atoms with van der Waals surface area (Å²) in [7, 11) is -2.11. The number of aromatic nitrogens is 1. The minimum atomic E-state index is -3.70. The predicted molar refractivity (Wildman–Crippen MR) is 100 cm³/mol. The molecule has 0 radical (unpaired) electrons. The van der Waals surface area contributed by atoms with E-state index in [0.717, 1.165) is 11.3 Å². The number of ether oxygens (including phenoxy) is 1. The summed E-state index contributed by atoms with van der Waals surface area (Å²) in [5.74, 6) is 0.409. The quantitative estimate of drug-likeness (QED) is 0.709. The maximum atomic E-state index is 12.5. The van der Waals surface area contributed by atoms with Gasteiger partial charge in [0.2, 0.25) is 9.84 Å². The van der Waals surface area contributed by atoms with Crippen LogP contribution in [0.3, 0.4) is 0 Å². The van der Waals surface area contributed by atoms with Crippen molar-refractivity contribution < 1.29 is 17.9 Å². The van der Waals surface area contributed by atoms with Gasteiger partial charge in [0.25, 0.3) is 5.91 Å². The molecule has 0 saturated carbocycles. The average Bonchev–Trinajstić information content (AvgIpc) is 2.73. The number of nitrogens with zero attached hydrogens (tertiary/aromatic N) is 1. The second-order valence-corrected chi connectivity index (χ2v) is 7.63. The van der Waals surface area contributed by atoms with E-state index in [1.54, 1.807) is 25.3 Å². The van der Waals surface area contributed by atoms with Crippen molar-refractivity contribution in [2.45, 2.75) is 16.5 Å². The van der Waals surface area contributed by atoms with Gasteiger partial charge in [-0.15, -0.1) is 0 Å². The van der Waals surface area contributed by atoms with E-state index in [0.29, 0.717) is 6.54 Å². The zero-order chi connectivity index (χ0) is 19.3. The van der Waals surface area contributed by atoms with E-state index < -0.39 is 9.84 Å². The highest BCUT2D eigenvalue weighted by Crippen LogP contribution is 2.18. The van der Waals surface area contributed by atoms with E-state index in [4.69, 9.17) is 4.74 Å². The van der Waals surface area contributed by atoms with Gasteiger partial charge >= 0.3 is 0 Å². The van der Waals surface area contributed by atoms with E-state index >= 15 is 0 Å². The molecule has 0 fully saturated rings. The number of pyridine rings is 1. The molecular weight excluding hydrogens is 364 g/mol. The number of rotatable bonds is 6. The molecule has 1 N–H and O–H groups in total. The third-order valence-corrected chi connectivity index (χ3v) is 5.62. The number of sulfone groups is 1. The molecule has 7 heteroatoms. The molecule has 2 aromatic carbocycles. The Hall–Kier alpha value is -3.19. The van der Waals surface area contributed by atoms with Crippen LogP contribution >= 0.6 is 0 Å². The third kappa shape index (κ3) is 4.32. The molecule has 1 heterocycles. The summed E-state index contributed by atoms with van der Waals surface area (Å²) < 4.78 is 30.1. The number of nitrogens with one attached hydrogen (secondary N) is 1. The van der Waals surface area contributed by atoms with E-state index in [9.17, 15) is 13.2 Å². The van der Waals surface area contributed by atoms with Crippen LogP contribution in [0.5, 0.6) is 5.75 Å². The van der Waals surface area contributed by atoms with Gasteiger partial charge in [-0.1, -0.05) is 30.3 Å². The highest BCUT2D eigenvalue weighted by molar-refractivity contribution is 7.91. The van der Waals surface area contributed by atoms with Gasteiger partial charge in [0.15, 0.2) is 5.03 Å². The SMILES string of the molecule is COc1ccc(CNC(=O)c2ccc(S(=O)(=O)c3ccccc3)nc2)cc1. The van der Waals surface area contributed by atoms with Crippen LogP contribution in [0.25, 0.3) is 0 Å². The molecule has 1 amide bonds. The number of carbonyl (C=O) groups is 1. The lowest BCUT2D eigenvalue weighted by Crippen LogP contribution is -2.23. The van der Waals surface area contributed by atoms with Gasteiger partial charge < -0.3 is 10.1 Å². The van der Waals surface area contributed by atoms with E-state index in [2.05, 4.69) is 10.3 Å². The van der Waals surface area contributed by atoms with Crippen LogP contribution in [0.1, 0.15) is 15.9 Å². The molecule has 0 spiro atoms. The standard InChI is InChI=1S/C20H18N2O4S/c1-26-17-10-7-15(8-11-17)13-22-20(23)16-9-12-19(21-14-16)27(24,25)18-5-3-2-4-6-18/h2-12,14H,13H2,1H3,(H,22,23). The Morgan fingerprint density at radius 1 is 1.00 bits per heavy atom. The summed E-state index contributed by atoms with van der Waals surface area (Å²) in [4.78, 5) is 16.4. The maximum absolute atomic E-state index is 12.5. The summed E-state index contributed by atoms with van der Waals surface area (Å²) in [5, 5.41) is 2.68. The summed E-state index contributed by atoms with van der Waals surface area (Å²) in [5.41, 5.74) is 1.20. The molecule has 138 valence electrons. The smallest absolute Gasteiger partial charge is 0.253 e. The lowest BCUT2D eigenvalue weighted by molar-refractivity contribution is 0.0950. The molecule has 27 heavy (non-hydrogen) atoms. The average molecular weight is 382 g/mol. The predicted octanol–water partition coefficient (Wildman–Crippen LogP) is 2.85. The van der Waals surface area contributed by atoms with Crippen molar-refractivity contribution in [2.24, 2.45) is 0 Å². The number of amides is 1. The number of methoxy groups -OCH3 is 1. The Bertz CT molecular complexity index is 1020. The minimum Gasteiger partial charge on any atom is -0.497 e. The first-order valence-electron chi connectivity index (χ1n) is 8.18. The lowest BCUT2D eigenvalue weighted by Gasteiger charge is -2.07. The maximum Gasteiger partial charge on any atom is 0.253 e. The van der Waals surface area contributed by atoms with Crippen LogP contribution in [0.15, 0.2) is 82.8 Å². The summed E-state index contributed by atoms with van der Waals surface area (Å²) in [6.07, 6.45) is 1.26. The van der Waals surface area contributed by atoms with Crippen molar-refractivity contribution in [3.63, 3.8) is 0 Å². The van der Waals surface area contributed by atoms with E-state index in [1.165, 1.54) is 30.5 Å². The molecule has 0 atom stereocenters. The van der Waals surface area contributed by atoms with Crippen LogP contribution in [-0.4, -0.2) is 26.4 Å². The summed E-state index contributed by atoms with van der Waals surface area (Å²) in [6, 6.07) is 18.2. The van der Waals surface area contributed by atoms with Crippen molar-refractivity contribution in [2.75, 3.05) is 7.11 Å². The lowest BCUT2D eigenvalue weighted by atomic mass is 10.2. The topological polar surface area (TPSA) is 85.4 Å². The minimum absolute atomic E-state index is 0.0968. The fraction of sp³-hybridized carbons (Fsp3) is 0.100. The molecular formula is C20H18N2O4S. The Morgan fingerprint density at radius 3 is 2.30 bits per heavy atom. The fourth-order valence-corrected chi connectivity index (χ4v) is 3.62. The van der Waals surface area contributed by atoms with Gasteiger partial charge in [-0.05, 0) is 42.0 Å². The fourth-order valence-electron chi connectivity index (χ4n) is 2.42. The third-order valence-electron chi connectivity index (χ3n) is 3.94. The van der Waals surface area contributed by atoms with Crippen molar-refractivity contribution in [1.29, 1.82) is 0 Å². The Labute approximate surface area is 157 Å². The summed E-state index contributed by atoms with van der Waals surface area (Å²) in [6.45, 7) is 0.340. The molecule has 3 rings (SSSR count). The van der Waals surface area contributed by atoms with Crippen molar-refractivity contribution in [1.82, 2.24) is 10.3 Å². The van der Waals surface area contributed by atoms with Gasteiger partial charge in [-0.3, -0.25) is 4.79 Å². The molecule has 0 aliphatic heterocycles. The summed E-state index contributed by atoms with van der Waals surface area (Å²) >= 11 is 0. The highest BCUT2D eigenvalue weighted by atomic mass is 32.2. The van der Waals surface area contributed by atoms with Crippen LogP contribution < -0.4 is 10.1 Å². The normalized spacial score (nSPS) is 11.0. The molecule has 1 aromatic heterocycles. The Morgan fingerprint density at radius 2 is 1.70 bits per heavy atom. The van der Waals surface area contributed by atoms with Crippen molar-refractivity contribution in [3.05, 3.63) is 84.1 Å². The van der Waals surface area contributed by atoms with Crippen molar-refractivity contribution in [3.8, 4) is 5.75 Å². The molecule has 0 aliphatic carbocycles. The number of hydrogen-bond acceptors (Lipinski definition) is 5. The zero-order valence-electron chi connectivity index (χ0n) is 14.6. The first kappa shape index (κ1) is 18.6. The first-order valence-corrected chi connectivity index (χ1v) is 9.66. The second kappa shape index (κ2) is 8.01. The van der Waals surface area contributed by atoms with Gasteiger partial charge in [0.05, 0.1) is 17.6 Å². The molecule has 0 saturated heterocycles. The Kier molecular flexibility index (Phi) is 5.52. The monoisotopic (exact) mass is 382 g/mol. The zero-order valence-corrected chi connectivity index (χ0v) is 15.4. The number of hydrogen-bond donors (Lipinski definition) is 1. The first-order chi connectivity index (χ1) is 13.0. The van der Waals surface area contributed by atoms with Crippen LogP contribution in [0.4, 0.5) is 0 Å². The Balaban J connectivity index is 1.68. The number of carbonyl (C=O) groups excluding carboxylic acids is 1. The van der Waals surface area contributed by atoms with Gasteiger partial charge in [-0.2, -0.15) is 0 Å². The van der Waals surface area contributed by atoms with Crippen LogP contribution in [0, 0.1) is 0 Å². The second-order valence-electron chi connectivity index (χ2n) is 5.73. The highest BCUT2D eigenvalue weighted by Gasteiger charge is 2.19. The van der Waals surface area contributed by atoms with Crippen LogP contribution in [0.2, 0.25) is 0 Å². The van der Waals surface area contributed by atoms with Crippen LogP contribution in [-0.2, 0) is 16.4 Å². The molecule has 3 aromatic rings. The molecule has 0 bridgehead atoms. The van der Waals surface area contributed by atoms with E-state index in [-0.39, 0.29) is 21.4 Å². The van der Waals surface area contributed by atoms with Gasteiger partial charge in [0.1, 0.15) is 5.75 Å². The van der Waals surface area contributed by atoms with Gasteiger partial charge in [-0.25, -0.2) is 13.4 Å². The van der Waals surface area contributed by atoms with E-state index in [1.807, 2.05) is 24.3 Å². The molecule has 0 aliphatic rings. The molecule has 6 nitrogen and oxygen atoms in total. The largest absolute Gasteiger partial charge is 0.497 e. The number of benzene rings is 2. The van der Waals surface area contributed by atoms with Gasteiger partial charge in [0, 0.05) is 12.7 Å². The van der Waals surface area contributed by atoms with Crippen molar-refractivity contribution >= 4 is 15.7 Å².